The van der Waals surface area contributed by atoms with Crippen LogP contribution < -0.4 is 9.80 Å². The Labute approximate surface area is 264 Å². The van der Waals surface area contributed by atoms with Crippen molar-refractivity contribution in [2.75, 3.05) is 29.5 Å². The average Bonchev–Trinajstić information content (AvgIpc) is 3.58. The first-order valence-corrected chi connectivity index (χ1v) is 16.2. The maximum Gasteiger partial charge on any atom is 0.251 e. The number of halogens is 2. The molecule has 10 heteroatoms. The molecule has 0 saturated carbocycles. The molecule has 0 aromatic heterocycles. The number of carbonyl (C=O) groups is 3. The van der Waals surface area contributed by atoms with Gasteiger partial charge in [0.1, 0.15) is 6.04 Å². The quantitative estimate of drug-likeness (QED) is 0.276. The molecule has 3 fully saturated rings. The number of alkyl halides is 1. The van der Waals surface area contributed by atoms with E-state index in [1.165, 1.54) is 4.90 Å². The first-order chi connectivity index (χ1) is 20.1. The second-order valence-electron chi connectivity index (χ2n) is 11.2. The molecule has 0 aliphatic carbocycles. The predicted molar refractivity (Wildman–Crippen MR) is 173 cm³/mol. The molecular formula is C32H35BrClN3O4S. The highest BCUT2D eigenvalue weighted by Gasteiger charge is 2.76. The standard InChI is InChI=1S/C32H35BrClN3O4S/c1-5-15-35(21-12-8-7-9-13-21)29(39)24-25-30(40)37(20(4)18-38)28(32(25)17-22(33)27(24)42-32)31(41)36(16-6-2)26-19(3)11-10-14-23(26)34/h5-14,20,22,24-25,27-28,38H,1-2,15-18H2,3-4H3/t20-,22?,24-,25+,27-,28?,32?/m1/s1. The smallest absolute Gasteiger partial charge is 0.251 e. The summed E-state index contributed by atoms with van der Waals surface area (Å²) in [5.74, 6) is -2.14. The van der Waals surface area contributed by atoms with Gasteiger partial charge in [-0.05, 0) is 44.0 Å². The zero-order valence-corrected chi connectivity index (χ0v) is 26.8. The molecule has 2 aromatic carbocycles. The number of aliphatic hydroxyl groups is 1. The van der Waals surface area contributed by atoms with Gasteiger partial charge < -0.3 is 19.8 Å². The first-order valence-electron chi connectivity index (χ1n) is 14.0. The second-order valence-corrected chi connectivity index (χ2v) is 14.3. The number of aryl methyl sites for hydroxylation is 1. The third kappa shape index (κ3) is 4.82. The van der Waals surface area contributed by atoms with Gasteiger partial charge in [0.2, 0.25) is 11.8 Å². The van der Waals surface area contributed by atoms with Crippen LogP contribution in [-0.2, 0) is 14.4 Å². The number of amides is 3. The molecule has 7 atom stereocenters. The summed E-state index contributed by atoms with van der Waals surface area (Å²) < 4.78 is -0.873. The molecule has 2 aromatic rings. The number of hydrogen-bond acceptors (Lipinski definition) is 5. The van der Waals surface area contributed by atoms with Gasteiger partial charge in [-0.1, -0.05) is 70.0 Å². The predicted octanol–water partition coefficient (Wildman–Crippen LogP) is 5.23. The Morgan fingerprint density at radius 2 is 1.81 bits per heavy atom. The monoisotopic (exact) mass is 671 g/mol. The zero-order chi connectivity index (χ0) is 30.3. The third-order valence-corrected chi connectivity index (χ3v) is 12.2. The molecule has 2 bridgehead atoms. The van der Waals surface area contributed by atoms with E-state index in [2.05, 4.69) is 29.1 Å². The van der Waals surface area contributed by atoms with Gasteiger partial charge in [0.05, 0.1) is 39.9 Å². The number of hydrogen-bond donors (Lipinski definition) is 1. The van der Waals surface area contributed by atoms with E-state index in [0.29, 0.717) is 17.1 Å². The van der Waals surface area contributed by atoms with Crippen molar-refractivity contribution in [1.29, 1.82) is 0 Å². The van der Waals surface area contributed by atoms with Crippen molar-refractivity contribution >= 4 is 68.4 Å². The van der Waals surface area contributed by atoms with Crippen molar-refractivity contribution < 1.29 is 19.5 Å². The molecule has 3 aliphatic heterocycles. The summed E-state index contributed by atoms with van der Waals surface area (Å²) in [7, 11) is 0. The largest absolute Gasteiger partial charge is 0.394 e. The minimum atomic E-state index is -0.912. The Kier molecular flexibility index (Phi) is 8.95. The Hall–Kier alpha value is -2.59. The lowest BCUT2D eigenvalue weighted by molar-refractivity contribution is -0.141. The Bertz CT molecular complexity index is 1390. The van der Waals surface area contributed by atoms with Crippen LogP contribution >= 0.6 is 39.3 Å². The molecule has 3 amide bonds. The van der Waals surface area contributed by atoms with Crippen LogP contribution in [0.2, 0.25) is 5.02 Å². The summed E-state index contributed by atoms with van der Waals surface area (Å²) in [5, 5.41) is 10.5. The fourth-order valence-electron chi connectivity index (χ4n) is 6.96. The van der Waals surface area contributed by atoms with E-state index in [4.69, 9.17) is 11.6 Å². The lowest BCUT2D eigenvalue weighted by Gasteiger charge is -2.39. The Balaban J connectivity index is 1.63. The summed E-state index contributed by atoms with van der Waals surface area (Å²) in [6.45, 7) is 11.5. The molecule has 42 heavy (non-hydrogen) atoms. The van der Waals surface area contributed by atoms with Gasteiger partial charge in [-0.25, -0.2) is 0 Å². The van der Waals surface area contributed by atoms with E-state index in [-0.39, 0.29) is 47.5 Å². The number of thioether (sulfide) groups is 1. The van der Waals surface area contributed by atoms with Gasteiger partial charge >= 0.3 is 0 Å². The van der Waals surface area contributed by atoms with E-state index in [0.717, 1.165) is 11.3 Å². The van der Waals surface area contributed by atoms with Gasteiger partial charge in [-0.15, -0.1) is 24.9 Å². The summed E-state index contributed by atoms with van der Waals surface area (Å²) in [6.07, 6.45) is 3.84. The SMILES string of the molecule is C=CCN(C(=O)[C@H]1[C@@H]2SC3(CC2Br)C(C(=O)N(CC=C)c2c(C)cccc2Cl)N([C@H](C)CO)C(=O)[C@H]13)c1ccccc1. The number of rotatable bonds is 10. The normalized spacial score (nSPS) is 28.4. The first kappa shape index (κ1) is 30.9. The molecule has 7 nitrogen and oxygen atoms in total. The number of anilines is 2. The lowest BCUT2D eigenvalue weighted by Crippen LogP contribution is -2.57. The van der Waals surface area contributed by atoms with Gasteiger partial charge in [0.15, 0.2) is 0 Å². The number of carbonyl (C=O) groups excluding carboxylic acids is 3. The molecule has 3 unspecified atom stereocenters. The number of nitrogens with zero attached hydrogens (tertiary/aromatic N) is 3. The fourth-order valence-corrected chi connectivity index (χ4v) is 10.9. The molecule has 222 valence electrons. The highest BCUT2D eigenvalue weighted by Crippen LogP contribution is 2.68. The van der Waals surface area contributed by atoms with Gasteiger partial charge in [-0.2, -0.15) is 0 Å². The van der Waals surface area contributed by atoms with E-state index >= 15 is 0 Å². The third-order valence-electron chi connectivity index (χ3n) is 8.67. The molecule has 3 aliphatic rings. The van der Waals surface area contributed by atoms with Gasteiger partial charge in [0, 0.05) is 28.9 Å². The van der Waals surface area contributed by atoms with E-state index < -0.39 is 28.7 Å². The van der Waals surface area contributed by atoms with Crippen LogP contribution in [0.1, 0.15) is 18.9 Å². The number of para-hydroxylation sites is 2. The highest BCUT2D eigenvalue weighted by atomic mass is 79.9. The van der Waals surface area contributed by atoms with Crippen LogP contribution in [0.15, 0.2) is 73.8 Å². The van der Waals surface area contributed by atoms with E-state index in [1.54, 1.807) is 46.7 Å². The van der Waals surface area contributed by atoms with Crippen LogP contribution in [0.25, 0.3) is 0 Å². The van der Waals surface area contributed by atoms with Crippen LogP contribution in [-0.4, -0.2) is 74.3 Å². The van der Waals surface area contributed by atoms with Crippen LogP contribution in [0.4, 0.5) is 11.4 Å². The number of likely N-dealkylation sites (tertiary alicyclic amines) is 1. The second kappa shape index (κ2) is 12.2. The van der Waals surface area contributed by atoms with Gasteiger partial charge in [0.25, 0.3) is 5.91 Å². The molecule has 3 saturated heterocycles. The summed E-state index contributed by atoms with van der Waals surface area (Å²) in [4.78, 5) is 48.4. The maximum atomic E-state index is 14.8. The summed E-state index contributed by atoms with van der Waals surface area (Å²) in [6, 6.07) is 13.3. The zero-order valence-electron chi connectivity index (χ0n) is 23.7. The molecule has 1 spiro atoms. The van der Waals surface area contributed by atoms with Crippen molar-refractivity contribution in [1.82, 2.24) is 4.90 Å². The molecule has 3 heterocycles. The highest BCUT2D eigenvalue weighted by molar-refractivity contribution is 9.09. The minimum Gasteiger partial charge on any atom is -0.394 e. The van der Waals surface area contributed by atoms with Crippen molar-refractivity contribution in [3.63, 3.8) is 0 Å². The van der Waals surface area contributed by atoms with Crippen LogP contribution in [0.3, 0.4) is 0 Å². The van der Waals surface area contributed by atoms with Gasteiger partial charge in [-0.3, -0.25) is 14.4 Å². The molecular weight excluding hydrogens is 638 g/mol. The van der Waals surface area contributed by atoms with Crippen molar-refractivity contribution in [2.45, 2.75) is 47.2 Å². The van der Waals surface area contributed by atoms with Crippen LogP contribution in [0.5, 0.6) is 0 Å². The van der Waals surface area contributed by atoms with Crippen molar-refractivity contribution in [3.8, 4) is 0 Å². The average molecular weight is 673 g/mol. The maximum absolute atomic E-state index is 14.8. The van der Waals surface area contributed by atoms with E-state index in [9.17, 15) is 19.5 Å². The summed E-state index contributed by atoms with van der Waals surface area (Å²) >= 11 is 12.0. The fraction of sp³-hybridized carbons (Fsp3) is 0.406. The summed E-state index contributed by atoms with van der Waals surface area (Å²) in [5.41, 5.74) is 2.10. The lowest BCUT2D eigenvalue weighted by atomic mass is 9.70. The molecule has 1 N–H and O–H groups in total. The number of fused-ring (bicyclic) bond motifs is 1. The molecule has 0 radical (unpaired) electrons. The number of benzene rings is 2. The van der Waals surface area contributed by atoms with Crippen molar-refractivity contribution in [2.24, 2.45) is 11.8 Å². The molecule has 5 rings (SSSR count). The minimum absolute atomic E-state index is 0.0866. The Morgan fingerprint density at radius 3 is 2.43 bits per heavy atom. The topological polar surface area (TPSA) is 81.2 Å². The van der Waals surface area contributed by atoms with Crippen molar-refractivity contribution in [3.05, 3.63) is 84.4 Å². The van der Waals surface area contributed by atoms with Crippen LogP contribution in [0, 0.1) is 18.8 Å². The Morgan fingerprint density at radius 1 is 1.14 bits per heavy atom. The van der Waals surface area contributed by atoms with E-state index in [1.807, 2.05) is 49.4 Å². The number of aliphatic hydroxyl groups excluding tert-OH is 1.